The average molecular weight is 230 g/mol. The fourth-order valence-electron chi connectivity index (χ4n) is 4.53. The summed E-state index contributed by atoms with van der Waals surface area (Å²) in [5.41, 5.74) is 0.165. The van der Waals surface area contributed by atoms with Crippen molar-refractivity contribution in [1.29, 1.82) is 0 Å². The fourth-order valence-corrected chi connectivity index (χ4v) is 7.69. The Kier molecular flexibility index (Phi) is 1.74. The van der Waals surface area contributed by atoms with Crippen LogP contribution in [0.1, 0.15) is 26.2 Å². The van der Waals surface area contributed by atoms with Crippen LogP contribution in [0.4, 0.5) is 0 Å². The molecule has 3 aliphatic carbocycles. The molecule has 3 aliphatic rings. The van der Waals surface area contributed by atoms with Gasteiger partial charge in [0.15, 0.2) is 9.84 Å². The third-order valence-corrected chi connectivity index (χ3v) is 7.96. The van der Waals surface area contributed by atoms with Crippen LogP contribution in [0, 0.1) is 17.3 Å². The van der Waals surface area contributed by atoms with Crippen molar-refractivity contribution >= 4 is 9.84 Å². The Balaban J connectivity index is 1.85. The first kappa shape index (κ1) is 10.1. The average Bonchev–Trinajstić information content (AvgIpc) is 3.01. The molecule has 15 heavy (non-hydrogen) atoms. The molecule has 0 heterocycles. The molecule has 0 spiro atoms. The van der Waals surface area contributed by atoms with Gasteiger partial charge in [0.1, 0.15) is 0 Å². The molecule has 86 valence electrons. The maximum atomic E-state index is 12.3. The lowest BCUT2D eigenvalue weighted by atomic mass is 9.83. The van der Waals surface area contributed by atoms with Crippen molar-refractivity contribution in [3.05, 3.63) is 0 Å². The molecule has 0 N–H and O–H groups in total. The first-order valence-corrected chi connectivity index (χ1v) is 7.40. The van der Waals surface area contributed by atoms with Crippen molar-refractivity contribution in [3.8, 4) is 0 Å². The number of ether oxygens (including phenoxy) is 1. The van der Waals surface area contributed by atoms with Gasteiger partial charge in [-0.2, -0.15) is 0 Å². The smallest absolute Gasteiger partial charge is 0.159 e. The van der Waals surface area contributed by atoms with Crippen LogP contribution < -0.4 is 0 Å². The van der Waals surface area contributed by atoms with Crippen LogP contribution in [0.15, 0.2) is 0 Å². The molecule has 2 atom stereocenters. The minimum absolute atomic E-state index is 0.165. The highest BCUT2D eigenvalue weighted by Gasteiger charge is 3.00. The van der Waals surface area contributed by atoms with Gasteiger partial charge >= 0.3 is 0 Å². The molecular formula is C11H18O3S. The highest BCUT2D eigenvalue weighted by molar-refractivity contribution is 7.93. The maximum Gasteiger partial charge on any atom is 0.159 e. The van der Waals surface area contributed by atoms with Crippen molar-refractivity contribution in [2.24, 2.45) is 17.3 Å². The molecule has 0 saturated heterocycles. The summed E-state index contributed by atoms with van der Waals surface area (Å²) in [4.78, 5) is 0. The molecular weight excluding hydrogens is 212 g/mol. The molecule has 3 nitrogen and oxygen atoms in total. The van der Waals surface area contributed by atoms with Crippen molar-refractivity contribution in [2.75, 3.05) is 19.5 Å². The largest absolute Gasteiger partial charge is 0.384 e. The predicted molar refractivity (Wildman–Crippen MR) is 57.3 cm³/mol. The predicted octanol–water partition coefficient (Wildman–Crippen LogP) is 1.24. The Bertz CT molecular complexity index is 386. The number of fused-ring (bicyclic) bond motifs is 2. The fraction of sp³-hybridized carbons (Fsp3) is 1.00. The summed E-state index contributed by atoms with van der Waals surface area (Å²) in [6, 6.07) is 0. The first-order valence-electron chi connectivity index (χ1n) is 5.74. The van der Waals surface area contributed by atoms with Gasteiger partial charge in [-0.3, -0.25) is 0 Å². The number of sulfone groups is 1. The molecule has 2 unspecified atom stereocenters. The van der Waals surface area contributed by atoms with Crippen LogP contribution in [0.5, 0.6) is 0 Å². The summed E-state index contributed by atoms with van der Waals surface area (Å²) in [7, 11) is -1.35. The minimum atomic E-state index is -2.92. The van der Waals surface area contributed by atoms with E-state index in [4.69, 9.17) is 4.74 Å². The van der Waals surface area contributed by atoms with Crippen molar-refractivity contribution in [3.63, 3.8) is 0 Å². The molecule has 0 bridgehead atoms. The van der Waals surface area contributed by atoms with Gasteiger partial charge in [-0.25, -0.2) is 8.42 Å². The van der Waals surface area contributed by atoms with Crippen molar-refractivity contribution in [2.45, 2.75) is 30.9 Å². The van der Waals surface area contributed by atoms with E-state index in [2.05, 4.69) is 6.92 Å². The topological polar surface area (TPSA) is 43.4 Å². The summed E-state index contributed by atoms with van der Waals surface area (Å²) in [5.74, 6) is 1.17. The summed E-state index contributed by atoms with van der Waals surface area (Å²) >= 11 is 0. The third-order valence-electron chi connectivity index (χ3n) is 5.21. The highest BCUT2D eigenvalue weighted by Crippen LogP contribution is 2.94. The summed E-state index contributed by atoms with van der Waals surface area (Å²) in [6.45, 7) is 2.52. The molecule has 3 fully saturated rings. The van der Waals surface area contributed by atoms with E-state index in [1.807, 2.05) is 0 Å². The van der Waals surface area contributed by atoms with E-state index >= 15 is 0 Å². The molecule has 0 aromatic carbocycles. The molecule has 4 heteroatoms. The van der Waals surface area contributed by atoms with Gasteiger partial charge in [0, 0.05) is 7.11 Å². The van der Waals surface area contributed by atoms with E-state index in [0.717, 1.165) is 12.8 Å². The summed E-state index contributed by atoms with van der Waals surface area (Å²) in [6.07, 6.45) is 3.48. The van der Waals surface area contributed by atoms with Crippen molar-refractivity contribution in [1.82, 2.24) is 0 Å². The third kappa shape index (κ3) is 0.825. The van der Waals surface area contributed by atoms with Crippen LogP contribution >= 0.6 is 0 Å². The number of methoxy groups -OCH3 is 1. The Morgan fingerprint density at radius 3 is 2.40 bits per heavy atom. The zero-order chi connectivity index (χ0) is 10.9. The number of rotatable bonds is 4. The molecule has 0 amide bonds. The number of hydrogen-bond acceptors (Lipinski definition) is 3. The second kappa shape index (κ2) is 2.59. The molecule has 3 saturated carbocycles. The monoisotopic (exact) mass is 230 g/mol. The van der Waals surface area contributed by atoms with Gasteiger partial charge in [-0.15, -0.1) is 0 Å². The second-order valence-electron chi connectivity index (χ2n) is 5.42. The lowest BCUT2D eigenvalue weighted by Crippen LogP contribution is -2.31. The number of hydrogen-bond donors (Lipinski definition) is 0. The van der Waals surface area contributed by atoms with E-state index in [1.54, 1.807) is 7.11 Å². The quantitative estimate of drug-likeness (QED) is 0.729. The van der Waals surface area contributed by atoms with E-state index in [9.17, 15) is 8.42 Å². The minimum Gasteiger partial charge on any atom is -0.384 e. The Morgan fingerprint density at radius 2 is 1.93 bits per heavy atom. The van der Waals surface area contributed by atoms with E-state index in [1.165, 1.54) is 6.42 Å². The zero-order valence-electron chi connectivity index (χ0n) is 9.32. The Labute approximate surface area is 91.1 Å². The lowest BCUT2D eigenvalue weighted by molar-refractivity contribution is 0.216. The Morgan fingerprint density at radius 1 is 1.33 bits per heavy atom. The van der Waals surface area contributed by atoms with Gasteiger partial charge in [-0.1, -0.05) is 13.3 Å². The second-order valence-corrected chi connectivity index (χ2v) is 7.74. The van der Waals surface area contributed by atoms with Crippen molar-refractivity contribution < 1.29 is 13.2 Å². The molecule has 0 aromatic rings. The highest BCUT2D eigenvalue weighted by atomic mass is 32.2. The van der Waals surface area contributed by atoms with E-state index < -0.39 is 9.84 Å². The van der Waals surface area contributed by atoms with Crippen LogP contribution in [0.3, 0.4) is 0 Å². The lowest BCUT2D eigenvalue weighted by Gasteiger charge is -2.26. The molecule has 0 radical (unpaired) electrons. The zero-order valence-corrected chi connectivity index (χ0v) is 10.1. The first-order chi connectivity index (χ1) is 7.03. The van der Waals surface area contributed by atoms with Gasteiger partial charge in [0.05, 0.1) is 17.1 Å². The normalized spacial score (nSPS) is 51.1. The summed E-state index contributed by atoms with van der Waals surface area (Å²) < 4.78 is 29.1. The molecule has 3 rings (SSSR count). The van der Waals surface area contributed by atoms with Crippen LogP contribution in [0.25, 0.3) is 0 Å². The standard InChI is InChI=1S/C11H18O3S/c1-10-8-4-3-5-9(10)11(8,10)15(12,13)7-6-14-2/h8-9H,3-7H2,1-2H3. The van der Waals surface area contributed by atoms with Gasteiger partial charge < -0.3 is 4.74 Å². The van der Waals surface area contributed by atoms with Crippen LogP contribution in [0.2, 0.25) is 0 Å². The van der Waals surface area contributed by atoms with Gasteiger partial charge in [-0.05, 0) is 30.1 Å². The van der Waals surface area contributed by atoms with Crippen LogP contribution in [-0.4, -0.2) is 32.6 Å². The van der Waals surface area contributed by atoms with Gasteiger partial charge in [0.25, 0.3) is 0 Å². The maximum absolute atomic E-state index is 12.3. The SMILES string of the molecule is COCCS(=O)(=O)C12C3CCCC1C32C. The van der Waals surface area contributed by atoms with Crippen LogP contribution in [-0.2, 0) is 14.6 Å². The molecule has 0 aliphatic heterocycles. The van der Waals surface area contributed by atoms with Gasteiger partial charge in [0.2, 0.25) is 0 Å². The van der Waals surface area contributed by atoms with E-state index in [0.29, 0.717) is 18.4 Å². The summed E-state index contributed by atoms with van der Waals surface area (Å²) in [5, 5.41) is 0. The van der Waals surface area contributed by atoms with E-state index in [-0.39, 0.29) is 15.9 Å². The Hall–Kier alpha value is -0.0900. The molecule has 0 aromatic heterocycles.